The minimum Gasteiger partial charge on any atom is -0.309 e. The molecule has 2 aromatic heterocycles. The first-order valence-corrected chi connectivity index (χ1v) is 20.4. The van der Waals surface area contributed by atoms with E-state index < -0.39 is 0 Å². The number of hydrogen-bond donors (Lipinski definition) is 0. The Hall–Kier alpha value is -5.39. The summed E-state index contributed by atoms with van der Waals surface area (Å²) in [7, 11) is 0. The molecule has 0 spiro atoms. The molecule has 2 heterocycles. The van der Waals surface area contributed by atoms with Crippen molar-refractivity contribution in [1.29, 1.82) is 0 Å². The van der Waals surface area contributed by atoms with Crippen LogP contribution in [0.15, 0.2) is 140 Å². The van der Waals surface area contributed by atoms with Crippen LogP contribution in [0.2, 0.25) is 0 Å². The third kappa shape index (κ3) is 7.41. The SMILES string of the molecule is CC(C)c1cccc(C(C)C)c1-n1[c-][n+](-c2c(C(C)C)cccc2C(C)C)c2nccnc21.[Au].[c-]1cccc2c1-c1ccccc1-c1ccccc1-c1ccccc1-2. The topological polar surface area (TPSA) is 34.6 Å². The van der Waals surface area contributed by atoms with Crippen LogP contribution in [0.4, 0.5) is 0 Å². The molecule has 8 aromatic rings. The van der Waals surface area contributed by atoms with E-state index in [-0.39, 0.29) is 22.4 Å². The number of aromatic nitrogens is 4. The molecule has 5 heteroatoms. The molecule has 0 amide bonds. The zero-order valence-corrected chi connectivity index (χ0v) is 36.8. The molecule has 0 atom stereocenters. The summed E-state index contributed by atoms with van der Waals surface area (Å²) >= 11 is 0. The van der Waals surface area contributed by atoms with E-state index in [9.17, 15) is 0 Å². The molecule has 0 N–H and O–H groups in total. The second kappa shape index (κ2) is 17.2. The minimum absolute atomic E-state index is 0. The molecule has 295 valence electrons. The Labute approximate surface area is 360 Å². The molecule has 0 unspecified atom stereocenters. The summed E-state index contributed by atoms with van der Waals surface area (Å²) in [5.41, 5.74) is 19.3. The number of para-hydroxylation sites is 2. The van der Waals surface area contributed by atoms with Gasteiger partial charge in [-0.1, -0.05) is 181 Å². The van der Waals surface area contributed by atoms with Crippen LogP contribution >= 0.6 is 0 Å². The third-order valence-electron chi connectivity index (χ3n) is 11.2. The van der Waals surface area contributed by atoms with Crippen LogP contribution < -0.4 is 4.57 Å². The van der Waals surface area contributed by atoms with Crippen LogP contribution in [0.25, 0.3) is 67.2 Å². The Morgan fingerprint density at radius 1 is 0.466 bits per heavy atom. The van der Waals surface area contributed by atoms with E-state index in [2.05, 4.69) is 198 Å². The van der Waals surface area contributed by atoms with Gasteiger partial charge in [0, 0.05) is 33.8 Å². The normalized spacial score (nSPS) is 11.6. The van der Waals surface area contributed by atoms with Crippen LogP contribution in [0, 0.1) is 12.4 Å². The first kappa shape index (κ1) is 40.8. The molecular weight excluding hydrogens is 890 g/mol. The molecule has 1 radical (unpaired) electrons. The van der Waals surface area contributed by atoms with Gasteiger partial charge >= 0.3 is 0 Å². The van der Waals surface area contributed by atoms with Gasteiger partial charge in [0.15, 0.2) is 12.0 Å². The second-order valence-corrected chi connectivity index (χ2v) is 16.3. The Morgan fingerprint density at radius 3 is 1.38 bits per heavy atom. The summed E-state index contributed by atoms with van der Waals surface area (Å²) in [5, 5.41) is 0. The van der Waals surface area contributed by atoms with Gasteiger partial charge in [0.25, 0.3) is 0 Å². The van der Waals surface area contributed by atoms with Crippen molar-refractivity contribution >= 4 is 11.3 Å². The minimum atomic E-state index is 0. The van der Waals surface area contributed by atoms with Crippen molar-refractivity contribution in [3.05, 3.63) is 174 Å². The van der Waals surface area contributed by atoms with Gasteiger partial charge < -0.3 is 4.57 Å². The van der Waals surface area contributed by atoms with E-state index in [1.807, 2.05) is 6.07 Å². The average molecular weight is 941 g/mol. The molecule has 1 aliphatic carbocycles. The molecule has 0 fully saturated rings. The summed E-state index contributed by atoms with van der Waals surface area (Å²) in [5.74, 6) is 1.51. The number of benzene rings is 6. The molecule has 6 aromatic carbocycles. The average Bonchev–Trinajstić information content (AvgIpc) is 3.62. The summed E-state index contributed by atoms with van der Waals surface area (Å²) < 4.78 is 4.29. The fourth-order valence-electron chi connectivity index (χ4n) is 8.41. The number of fused-ring (bicyclic) bond motifs is 9. The van der Waals surface area contributed by atoms with E-state index in [0.717, 1.165) is 11.3 Å². The van der Waals surface area contributed by atoms with Crippen molar-refractivity contribution in [2.75, 3.05) is 0 Å². The van der Waals surface area contributed by atoms with Crippen molar-refractivity contribution in [2.45, 2.75) is 79.1 Å². The molecule has 0 saturated carbocycles. The van der Waals surface area contributed by atoms with Crippen LogP contribution in [0.3, 0.4) is 0 Å². The molecule has 0 bridgehead atoms. The Bertz CT molecular complexity index is 2280. The number of imidazole rings is 1. The Kier molecular flexibility index (Phi) is 12.1. The van der Waals surface area contributed by atoms with Crippen molar-refractivity contribution in [1.82, 2.24) is 14.5 Å². The summed E-state index contributed by atoms with van der Waals surface area (Å²) in [6.07, 6.45) is 7.27. The van der Waals surface area contributed by atoms with Gasteiger partial charge in [-0.3, -0.25) is 9.55 Å². The molecule has 1 aliphatic rings. The van der Waals surface area contributed by atoms with Crippen molar-refractivity contribution < 1.29 is 26.9 Å². The van der Waals surface area contributed by atoms with Crippen LogP contribution in [0.1, 0.15) is 101 Å². The van der Waals surface area contributed by atoms with Crippen molar-refractivity contribution in [3.63, 3.8) is 0 Å². The maximum atomic E-state index is 4.80. The fraction of sp³-hybridized carbons (Fsp3) is 0.226. The molecule has 0 aliphatic heterocycles. The first-order chi connectivity index (χ1) is 27.7. The van der Waals surface area contributed by atoms with Crippen molar-refractivity contribution in [3.8, 4) is 55.9 Å². The standard InChI is InChI=1S/C29H36N4.C24H15.Au/c1-18(2)22-11-9-12-23(19(3)4)26(22)32-17-33(29-28(32)30-15-16-31-29)27-24(20(5)6)13-10-14-25(27)21(7)8;1-2-10-18-17(9-1)19-11-3-4-13-21(19)23-15-7-8-16-24(23)22-14-6-5-12-20(18)22;/h9-16,18-21H,1-8H3;1-15H;/q;-1;. The largest absolute Gasteiger partial charge is 0.309 e. The zero-order valence-electron chi connectivity index (χ0n) is 34.7. The van der Waals surface area contributed by atoms with Gasteiger partial charge in [-0.05, 0) is 62.6 Å². The second-order valence-electron chi connectivity index (χ2n) is 16.3. The predicted molar refractivity (Wildman–Crippen MR) is 236 cm³/mol. The van der Waals surface area contributed by atoms with E-state index in [1.165, 1.54) is 78.1 Å². The molecular formula is C53H51AuN4-. The van der Waals surface area contributed by atoms with Gasteiger partial charge in [-0.15, -0.1) is 35.4 Å². The van der Waals surface area contributed by atoms with Crippen LogP contribution in [0.5, 0.6) is 0 Å². The van der Waals surface area contributed by atoms with Gasteiger partial charge in [0.2, 0.25) is 5.65 Å². The van der Waals surface area contributed by atoms with E-state index >= 15 is 0 Å². The van der Waals surface area contributed by atoms with Gasteiger partial charge in [0.05, 0.1) is 6.20 Å². The molecule has 4 nitrogen and oxygen atoms in total. The zero-order chi connectivity index (χ0) is 39.8. The van der Waals surface area contributed by atoms with E-state index in [4.69, 9.17) is 9.97 Å². The summed E-state index contributed by atoms with van der Waals surface area (Å²) in [6.45, 7) is 18.0. The number of nitrogens with zero attached hydrogens (tertiary/aromatic N) is 4. The molecule has 0 saturated heterocycles. The third-order valence-corrected chi connectivity index (χ3v) is 11.2. The predicted octanol–water partition coefficient (Wildman–Crippen LogP) is 13.5. The van der Waals surface area contributed by atoms with Gasteiger partial charge in [-0.25, -0.2) is 0 Å². The fourth-order valence-corrected chi connectivity index (χ4v) is 8.41. The Morgan fingerprint density at radius 2 is 0.879 bits per heavy atom. The summed E-state index contributed by atoms with van der Waals surface area (Å²) in [6, 6.07) is 49.0. The van der Waals surface area contributed by atoms with Crippen molar-refractivity contribution in [2.24, 2.45) is 0 Å². The first-order valence-electron chi connectivity index (χ1n) is 20.4. The monoisotopic (exact) mass is 940 g/mol. The quantitative estimate of drug-likeness (QED) is 0.0946. The Balaban J connectivity index is 0.000000181. The molecule has 9 rings (SSSR count). The van der Waals surface area contributed by atoms with E-state index in [0.29, 0.717) is 23.7 Å². The maximum absolute atomic E-state index is 4.80. The summed E-state index contributed by atoms with van der Waals surface area (Å²) in [4.78, 5) is 9.60. The number of rotatable bonds is 6. The molecule has 58 heavy (non-hydrogen) atoms. The number of hydrogen-bond acceptors (Lipinski definition) is 2. The van der Waals surface area contributed by atoms with Crippen LogP contribution in [-0.4, -0.2) is 14.5 Å². The smallest absolute Gasteiger partial charge is 0.227 e. The van der Waals surface area contributed by atoms with Crippen LogP contribution in [-0.2, 0) is 22.4 Å². The van der Waals surface area contributed by atoms with Gasteiger partial charge in [0.1, 0.15) is 6.20 Å². The van der Waals surface area contributed by atoms with E-state index in [1.54, 1.807) is 12.4 Å². The van der Waals surface area contributed by atoms with Gasteiger partial charge in [-0.2, -0.15) is 4.98 Å². The maximum Gasteiger partial charge on any atom is 0.227 e.